The molecule has 1 N–H and O–H groups in total. The molecule has 7 heteroatoms. The lowest BCUT2D eigenvalue weighted by molar-refractivity contribution is -0.150. The van der Waals surface area contributed by atoms with E-state index in [0.29, 0.717) is 13.1 Å². The number of likely N-dealkylation sites (N-methyl/N-ethyl adjacent to an activating group) is 2. The van der Waals surface area contributed by atoms with Gasteiger partial charge in [0, 0.05) is 52.4 Å². The molecule has 0 spiro atoms. The minimum absolute atomic E-state index is 0.403. The molecule has 114 valence electrons. The first kappa shape index (κ1) is 15.2. The topological polar surface area (TPSA) is 59.1 Å². The van der Waals surface area contributed by atoms with Gasteiger partial charge in [0.2, 0.25) is 0 Å². The molecule has 2 aliphatic heterocycles. The van der Waals surface area contributed by atoms with Crippen molar-refractivity contribution in [2.45, 2.75) is 6.92 Å². The number of rotatable bonds is 2. The van der Waals surface area contributed by atoms with Crippen LogP contribution in [0.1, 0.15) is 6.92 Å². The van der Waals surface area contributed by atoms with Crippen molar-refractivity contribution in [1.29, 1.82) is 0 Å². The highest BCUT2D eigenvalue weighted by molar-refractivity contribution is 6.34. The number of hydrazine groups is 1. The van der Waals surface area contributed by atoms with E-state index in [1.54, 1.807) is 4.90 Å². The fourth-order valence-corrected chi connectivity index (χ4v) is 2.52. The molecule has 2 fully saturated rings. The normalized spacial score (nSPS) is 22.8. The van der Waals surface area contributed by atoms with Crippen LogP contribution in [0.2, 0.25) is 0 Å². The summed E-state index contributed by atoms with van der Waals surface area (Å²) in [6.07, 6.45) is 0. The fraction of sp³-hybridized carbons (Fsp3) is 0.846. The van der Waals surface area contributed by atoms with Gasteiger partial charge in [-0.2, -0.15) is 0 Å². The van der Waals surface area contributed by atoms with E-state index in [1.165, 1.54) is 0 Å². The zero-order valence-electron chi connectivity index (χ0n) is 12.5. The van der Waals surface area contributed by atoms with Gasteiger partial charge in [-0.25, -0.2) is 5.01 Å². The lowest BCUT2D eigenvalue weighted by Gasteiger charge is -2.35. The highest BCUT2D eigenvalue weighted by Crippen LogP contribution is 2.02. The van der Waals surface area contributed by atoms with E-state index < -0.39 is 11.8 Å². The van der Waals surface area contributed by atoms with Crippen LogP contribution in [-0.2, 0) is 9.59 Å². The van der Waals surface area contributed by atoms with Gasteiger partial charge >= 0.3 is 11.8 Å². The van der Waals surface area contributed by atoms with Crippen molar-refractivity contribution in [3.05, 3.63) is 0 Å². The van der Waals surface area contributed by atoms with E-state index >= 15 is 0 Å². The van der Waals surface area contributed by atoms with Gasteiger partial charge in [0.25, 0.3) is 0 Å². The predicted molar refractivity (Wildman–Crippen MR) is 75.9 cm³/mol. The van der Waals surface area contributed by atoms with Crippen LogP contribution in [0, 0.1) is 0 Å². The number of piperazine rings is 2. The van der Waals surface area contributed by atoms with Gasteiger partial charge < -0.3 is 14.7 Å². The van der Waals surface area contributed by atoms with Crippen molar-refractivity contribution in [2.75, 3.05) is 66.0 Å². The first-order chi connectivity index (χ1) is 9.60. The molecule has 0 atom stereocenters. The van der Waals surface area contributed by atoms with Crippen LogP contribution in [-0.4, -0.2) is 97.5 Å². The molecule has 2 amide bonds. The van der Waals surface area contributed by atoms with Crippen LogP contribution in [0.5, 0.6) is 0 Å². The van der Waals surface area contributed by atoms with E-state index in [4.69, 9.17) is 0 Å². The Kier molecular flexibility index (Phi) is 5.33. The van der Waals surface area contributed by atoms with Crippen LogP contribution >= 0.6 is 0 Å². The van der Waals surface area contributed by atoms with Crippen molar-refractivity contribution >= 4 is 11.8 Å². The van der Waals surface area contributed by atoms with Crippen molar-refractivity contribution in [1.82, 2.24) is 25.1 Å². The number of amides is 2. The summed E-state index contributed by atoms with van der Waals surface area (Å²) < 4.78 is 0. The lowest BCUT2D eigenvalue weighted by Crippen LogP contribution is -2.57. The highest BCUT2D eigenvalue weighted by Gasteiger charge is 2.27. The van der Waals surface area contributed by atoms with Gasteiger partial charge in [-0.05, 0) is 13.6 Å². The molecule has 0 saturated carbocycles. The summed E-state index contributed by atoms with van der Waals surface area (Å²) in [4.78, 5) is 30.2. The van der Waals surface area contributed by atoms with E-state index in [0.717, 1.165) is 45.8 Å². The number of carbonyl (C=O) groups excluding carboxylic acids is 2. The van der Waals surface area contributed by atoms with Gasteiger partial charge in [0.1, 0.15) is 0 Å². The number of nitrogens with one attached hydrogen (secondary N) is 1. The zero-order chi connectivity index (χ0) is 14.5. The second-order valence-corrected chi connectivity index (χ2v) is 5.46. The van der Waals surface area contributed by atoms with E-state index in [1.807, 2.05) is 5.01 Å². The van der Waals surface area contributed by atoms with Crippen LogP contribution in [0.25, 0.3) is 0 Å². The quantitative estimate of drug-likeness (QED) is 0.621. The third-order valence-electron chi connectivity index (χ3n) is 4.06. The average Bonchev–Trinajstić information content (AvgIpc) is 2.49. The third-order valence-corrected chi connectivity index (χ3v) is 4.06. The zero-order valence-corrected chi connectivity index (χ0v) is 12.5. The average molecular weight is 283 g/mol. The Balaban J connectivity index is 1.76. The minimum Gasteiger partial charge on any atom is -0.332 e. The summed E-state index contributed by atoms with van der Waals surface area (Å²) in [5.74, 6) is -0.904. The first-order valence-corrected chi connectivity index (χ1v) is 7.36. The Morgan fingerprint density at radius 3 is 2.10 bits per heavy atom. The molecule has 0 unspecified atom stereocenters. The monoisotopic (exact) mass is 283 g/mol. The number of hydrogen-bond donors (Lipinski definition) is 1. The molecule has 7 nitrogen and oxygen atoms in total. The molecule has 0 aliphatic carbocycles. The van der Waals surface area contributed by atoms with E-state index in [-0.39, 0.29) is 0 Å². The summed E-state index contributed by atoms with van der Waals surface area (Å²) >= 11 is 0. The van der Waals surface area contributed by atoms with Crippen LogP contribution in [0.15, 0.2) is 0 Å². The summed E-state index contributed by atoms with van der Waals surface area (Å²) in [6, 6.07) is 0. The molecule has 2 aliphatic rings. The molecule has 2 saturated heterocycles. The van der Waals surface area contributed by atoms with Crippen molar-refractivity contribution < 1.29 is 9.59 Å². The summed E-state index contributed by atoms with van der Waals surface area (Å²) in [5.41, 5.74) is 2.72. The van der Waals surface area contributed by atoms with Gasteiger partial charge in [-0.3, -0.25) is 15.0 Å². The third kappa shape index (κ3) is 3.91. The number of nitrogens with zero attached hydrogens (tertiary/aromatic N) is 4. The summed E-state index contributed by atoms with van der Waals surface area (Å²) in [5, 5.41) is 1.84. The summed E-state index contributed by atoms with van der Waals surface area (Å²) in [6.45, 7) is 9.43. The molecule has 2 heterocycles. The fourth-order valence-electron chi connectivity index (χ4n) is 2.52. The molecule has 2 rings (SSSR count). The maximum atomic E-state index is 12.1. The van der Waals surface area contributed by atoms with Crippen molar-refractivity contribution in [2.24, 2.45) is 0 Å². The van der Waals surface area contributed by atoms with Gasteiger partial charge in [0.05, 0.1) is 0 Å². The molecular formula is C13H25N5O2. The number of hydrogen-bond acceptors (Lipinski definition) is 5. The molecule has 0 bridgehead atoms. The van der Waals surface area contributed by atoms with Gasteiger partial charge in [-0.1, -0.05) is 6.92 Å². The van der Waals surface area contributed by atoms with Crippen LogP contribution in [0.3, 0.4) is 0 Å². The Morgan fingerprint density at radius 1 is 0.950 bits per heavy atom. The predicted octanol–water partition coefficient (Wildman–Crippen LogP) is -1.57. The number of carbonyl (C=O) groups is 2. The van der Waals surface area contributed by atoms with Crippen LogP contribution < -0.4 is 5.43 Å². The maximum Gasteiger partial charge on any atom is 0.323 e. The standard InChI is InChI=1S/C13H25N5O2/c1-3-16-6-8-17(9-7-16)13(20)12(19)14-18-10-4-15(2)5-11-18/h3-11H2,1-2H3,(H,14,19). The summed E-state index contributed by atoms with van der Waals surface area (Å²) in [7, 11) is 2.05. The minimum atomic E-state index is -0.500. The van der Waals surface area contributed by atoms with E-state index in [9.17, 15) is 9.59 Å². The lowest BCUT2D eigenvalue weighted by atomic mass is 10.3. The van der Waals surface area contributed by atoms with Gasteiger partial charge in [-0.15, -0.1) is 0 Å². The second kappa shape index (κ2) is 7.01. The van der Waals surface area contributed by atoms with Gasteiger partial charge in [0.15, 0.2) is 0 Å². The second-order valence-electron chi connectivity index (χ2n) is 5.46. The molecule has 0 aromatic rings. The highest BCUT2D eigenvalue weighted by atomic mass is 16.2. The van der Waals surface area contributed by atoms with Crippen molar-refractivity contribution in [3.63, 3.8) is 0 Å². The smallest absolute Gasteiger partial charge is 0.323 e. The first-order valence-electron chi connectivity index (χ1n) is 7.36. The molecular weight excluding hydrogens is 258 g/mol. The van der Waals surface area contributed by atoms with E-state index in [2.05, 4.69) is 29.2 Å². The Morgan fingerprint density at radius 2 is 1.55 bits per heavy atom. The molecule has 0 aromatic heterocycles. The Hall–Kier alpha value is -1.18. The Labute approximate surface area is 120 Å². The SMILES string of the molecule is CCN1CCN(C(=O)C(=O)NN2CCN(C)CC2)CC1. The Bertz CT molecular complexity index is 347. The maximum absolute atomic E-state index is 12.1. The molecule has 0 aromatic carbocycles. The molecule has 0 radical (unpaired) electrons. The molecule has 20 heavy (non-hydrogen) atoms. The largest absolute Gasteiger partial charge is 0.332 e. The van der Waals surface area contributed by atoms with Crippen molar-refractivity contribution in [3.8, 4) is 0 Å². The van der Waals surface area contributed by atoms with Crippen LogP contribution in [0.4, 0.5) is 0 Å².